The van der Waals surface area contributed by atoms with Crippen LogP contribution in [0.5, 0.6) is 0 Å². The summed E-state index contributed by atoms with van der Waals surface area (Å²) in [5.41, 5.74) is 13.0. The van der Waals surface area contributed by atoms with Gasteiger partial charge in [-0.05, 0) is 80.6 Å². The van der Waals surface area contributed by atoms with Crippen LogP contribution in [-0.4, -0.2) is 7.05 Å². The molecule has 4 aromatic carbocycles. The number of para-hydroxylation sites is 2. The fraction of sp³-hybridized carbons (Fsp3) is 0.200. The summed E-state index contributed by atoms with van der Waals surface area (Å²) in [5, 5.41) is 0. The van der Waals surface area contributed by atoms with Crippen LogP contribution in [0.3, 0.4) is 0 Å². The average Bonchev–Trinajstić information content (AvgIpc) is 2.94. The maximum Gasteiger partial charge on any atom is 0.0543 e. The van der Waals surface area contributed by atoms with Gasteiger partial charge < -0.3 is 9.80 Å². The Balaban J connectivity index is 1.76. The molecule has 160 valence electrons. The first-order valence-electron chi connectivity index (χ1n) is 11.4. The summed E-state index contributed by atoms with van der Waals surface area (Å²) in [5.74, 6) is 0. The lowest BCUT2D eigenvalue weighted by Gasteiger charge is -2.32. The highest BCUT2D eigenvalue weighted by molar-refractivity contribution is 5.87. The van der Waals surface area contributed by atoms with Gasteiger partial charge in [0.1, 0.15) is 0 Å². The van der Waals surface area contributed by atoms with Gasteiger partial charge in [-0.3, -0.25) is 0 Å². The van der Waals surface area contributed by atoms with Crippen molar-refractivity contribution in [3.05, 3.63) is 113 Å². The Morgan fingerprint density at radius 1 is 0.656 bits per heavy atom. The number of benzene rings is 4. The monoisotopic (exact) mass is 418 g/mol. The number of aryl methyl sites for hydroxylation is 4. The van der Waals surface area contributed by atoms with Crippen LogP contribution in [0.25, 0.3) is 0 Å². The summed E-state index contributed by atoms with van der Waals surface area (Å²) in [7, 11) is 2.20. The van der Waals surface area contributed by atoms with E-state index in [0.29, 0.717) is 0 Å². The molecule has 0 amide bonds. The van der Waals surface area contributed by atoms with Crippen LogP contribution in [-0.2, 0) is 12.8 Å². The molecule has 2 nitrogen and oxygen atoms in total. The molecule has 0 saturated heterocycles. The number of nitrogens with zero attached hydrogens (tertiary/aromatic N) is 2. The minimum absolute atomic E-state index is 1.02. The molecule has 2 heteroatoms. The van der Waals surface area contributed by atoms with Crippen molar-refractivity contribution >= 4 is 28.4 Å². The second-order valence-corrected chi connectivity index (χ2v) is 8.87. The number of anilines is 5. The van der Waals surface area contributed by atoms with Crippen molar-refractivity contribution in [3.8, 4) is 0 Å². The van der Waals surface area contributed by atoms with E-state index < -0.39 is 0 Å². The molecule has 1 aliphatic rings. The van der Waals surface area contributed by atoms with Gasteiger partial charge in [0.2, 0.25) is 0 Å². The number of hydrogen-bond donors (Lipinski definition) is 0. The Morgan fingerprint density at radius 2 is 1.38 bits per heavy atom. The first-order valence-corrected chi connectivity index (χ1v) is 11.4. The van der Waals surface area contributed by atoms with Crippen LogP contribution in [0.2, 0.25) is 0 Å². The smallest absolute Gasteiger partial charge is 0.0543 e. The summed E-state index contributed by atoms with van der Waals surface area (Å²) in [6.45, 7) is 6.59. The predicted molar refractivity (Wildman–Crippen MR) is 137 cm³/mol. The predicted octanol–water partition coefficient (Wildman–Crippen LogP) is 7.95. The van der Waals surface area contributed by atoms with Gasteiger partial charge in [0.25, 0.3) is 0 Å². The lowest BCUT2D eigenvalue weighted by Crippen LogP contribution is -2.17. The summed E-state index contributed by atoms with van der Waals surface area (Å²) in [6.07, 6.45) is 2.06. The number of fused-ring (bicyclic) bond motifs is 2. The third kappa shape index (κ3) is 3.46. The second kappa shape index (κ2) is 8.20. The molecule has 0 radical (unpaired) electrons. The highest BCUT2D eigenvalue weighted by Crippen LogP contribution is 2.46. The third-order valence-electron chi connectivity index (χ3n) is 6.69. The fourth-order valence-electron chi connectivity index (χ4n) is 4.95. The molecule has 0 aliphatic carbocycles. The molecule has 0 fully saturated rings. The van der Waals surface area contributed by atoms with Gasteiger partial charge in [0, 0.05) is 35.4 Å². The van der Waals surface area contributed by atoms with Crippen molar-refractivity contribution in [2.45, 2.75) is 33.6 Å². The molecule has 1 aliphatic heterocycles. The Morgan fingerprint density at radius 3 is 2.16 bits per heavy atom. The highest BCUT2D eigenvalue weighted by atomic mass is 15.2. The first kappa shape index (κ1) is 20.4. The molecule has 5 rings (SSSR count). The lowest BCUT2D eigenvalue weighted by molar-refractivity contribution is 0.969. The van der Waals surface area contributed by atoms with E-state index in [0.717, 1.165) is 12.8 Å². The van der Waals surface area contributed by atoms with Crippen molar-refractivity contribution in [3.63, 3.8) is 0 Å². The van der Waals surface area contributed by atoms with Gasteiger partial charge in [-0.25, -0.2) is 0 Å². The summed E-state index contributed by atoms with van der Waals surface area (Å²) in [6, 6.07) is 31.0. The Hall–Kier alpha value is -3.52. The SMILES string of the molecule is Cc1ccc(N(c2ccccc2C)c2c(C)ccc3c2CCc2ccccc2N3C)cc1. The van der Waals surface area contributed by atoms with E-state index in [4.69, 9.17) is 0 Å². The summed E-state index contributed by atoms with van der Waals surface area (Å²) < 4.78 is 0. The van der Waals surface area contributed by atoms with Crippen molar-refractivity contribution in [2.24, 2.45) is 0 Å². The molecule has 0 N–H and O–H groups in total. The largest absolute Gasteiger partial charge is 0.344 e. The molecule has 0 bridgehead atoms. The van der Waals surface area contributed by atoms with Gasteiger partial charge >= 0.3 is 0 Å². The zero-order valence-corrected chi connectivity index (χ0v) is 19.4. The van der Waals surface area contributed by atoms with Crippen LogP contribution in [0.15, 0.2) is 84.9 Å². The number of rotatable bonds is 3. The van der Waals surface area contributed by atoms with Gasteiger partial charge in [-0.1, -0.05) is 60.2 Å². The van der Waals surface area contributed by atoms with E-state index in [1.165, 1.54) is 56.3 Å². The summed E-state index contributed by atoms with van der Waals surface area (Å²) >= 11 is 0. The van der Waals surface area contributed by atoms with Crippen LogP contribution in [0.4, 0.5) is 28.4 Å². The topological polar surface area (TPSA) is 6.48 Å². The quantitative estimate of drug-likeness (QED) is 0.333. The van der Waals surface area contributed by atoms with Gasteiger partial charge in [-0.15, -0.1) is 0 Å². The molecule has 1 heterocycles. The van der Waals surface area contributed by atoms with E-state index >= 15 is 0 Å². The van der Waals surface area contributed by atoms with Crippen molar-refractivity contribution in [1.29, 1.82) is 0 Å². The summed E-state index contributed by atoms with van der Waals surface area (Å²) in [4.78, 5) is 4.83. The average molecular weight is 419 g/mol. The van der Waals surface area contributed by atoms with Gasteiger partial charge in [-0.2, -0.15) is 0 Å². The maximum atomic E-state index is 2.47. The normalized spacial score (nSPS) is 12.7. The molecule has 0 atom stereocenters. The van der Waals surface area contributed by atoms with Crippen LogP contribution >= 0.6 is 0 Å². The van der Waals surface area contributed by atoms with E-state index in [2.05, 4.69) is 123 Å². The fourth-order valence-corrected chi connectivity index (χ4v) is 4.95. The maximum absolute atomic E-state index is 2.47. The van der Waals surface area contributed by atoms with Crippen molar-refractivity contribution < 1.29 is 0 Å². The molecule has 0 spiro atoms. The molecule has 4 aromatic rings. The van der Waals surface area contributed by atoms with Gasteiger partial charge in [0.05, 0.1) is 5.69 Å². The van der Waals surface area contributed by atoms with Crippen LogP contribution < -0.4 is 9.80 Å². The molecule has 32 heavy (non-hydrogen) atoms. The van der Waals surface area contributed by atoms with Gasteiger partial charge in [0.15, 0.2) is 0 Å². The Labute approximate surface area is 191 Å². The molecule has 0 aromatic heterocycles. The zero-order valence-electron chi connectivity index (χ0n) is 19.4. The molecule has 0 unspecified atom stereocenters. The van der Waals surface area contributed by atoms with Crippen LogP contribution in [0, 0.1) is 20.8 Å². The Kier molecular flexibility index (Phi) is 5.22. The zero-order chi connectivity index (χ0) is 22.2. The van der Waals surface area contributed by atoms with Crippen LogP contribution in [0.1, 0.15) is 27.8 Å². The third-order valence-corrected chi connectivity index (χ3v) is 6.69. The van der Waals surface area contributed by atoms with E-state index in [9.17, 15) is 0 Å². The van der Waals surface area contributed by atoms with E-state index in [1.807, 2.05) is 0 Å². The van der Waals surface area contributed by atoms with E-state index in [-0.39, 0.29) is 0 Å². The minimum atomic E-state index is 1.02. The van der Waals surface area contributed by atoms with Crippen molar-refractivity contribution in [2.75, 3.05) is 16.8 Å². The first-order chi connectivity index (χ1) is 15.5. The molecular weight excluding hydrogens is 388 g/mol. The number of hydrogen-bond acceptors (Lipinski definition) is 2. The van der Waals surface area contributed by atoms with Crippen molar-refractivity contribution in [1.82, 2.24) is 0 Å². The molecule has 0 saturated carbocycles. The minimum Gasteiger partial charge on any atom is -0.344 e. The highest BCUT2D eigenvalue weighted by Gasteiger charge is 2.25. The molecular formula is C30H30N2. The van der Waals surface area contributed by atoms with E-state index in [1.54, 1.807) is 0 Å². The standard InChI is InChI=1S/C30H30N2/c1-21-13-17-25(18-14-21)32(27-11-7-5-9-22(27)2)30-23(3)15-20-29-26(30)19-16-24-10-6-8-12-28(24)31(29)4/h5-15,17-18,20H,16,19H2,1-4H3. The Bertz CT molecular complexity index is 1270. The lowest BCUT2D eigenvalue weighted by atomic mass is 9.97. The second-order valence-electron chi connectivity index (χ2n) is 8.87.